The third-order valence-corrected chi connectivity index (χ3v) is 4.31. The lowest BCUT2D eigenvalue weighted by Gasteiger charge is -2.29. The van der Waals surface area contributed by atoms with Crippen LogP contribution in [0.2, 0.25) is 0 Å². The minimum absolute atomic E-state index is 0.0868. The lowest BCUT2D eigenvalue weighted by atomic mass is 9.91. The maximum atomic E-state index is 9.77. The van der Waals surface area contributed by atoms with Crippen LogP contribution in [0.1, 0.15) is 60.4 Å². The van der Waals surface area contributed by atoms with Crippen LogP contribution >= 0.6 is 0 Å². The average molecular weight is 261 g/mol. The van der Waals surface area contributed by atoms with E-state index in [1.54, 1.807) is 0 Å². The molecule has 1 fully saturated rings. The number of nitrogens with one attached hydrogen (secondary N) is 1. The highest BCUT2D eigenvalue weighted by molar-refractivity contribution is 5.39. The maximum absolute atomic E-state index is 9.77. The van der Waals surface area contributed by atoms with Gasteiger partial charge in [-0.1, -0.05) is 37.0 Å². The van der Waals surface area contributed by atoms with E-state index in [4.69, 9.17) is 0 Å². The molecule has 1 saturated carbocycles. The zero-order valence-corrected chi connectivity index (χ0v) is 12.5. The Bertz CT molecular complexity index is 398. The van der Waals surface area contributed by atoms with Gasteiger partial charge in [0.2, 0.25) is 0 Å². The second-order valence-electron chi connectivity index (χ2n) is 6.05. The van der Waals surface area contributed by atoms with Crippen LogP contribution < -0.4 is 5.32 Å². The van der Waals surface area contributed by atoms with Crippen LogP contribution in [0.25, 0.3) is 0 Å². The molecule has 1 aliphatic carbocycles. The lowest BCUT2D eigenvalue weighted by Crippen LogP contribution is -2.36. The summed E-state index contributed by atoms with van der Waals surface area (Å²) >= 11 is 0. The number of aliphatic hydroxyl groups is 1. The Hall–Kier alpha value is -0.860. The predicted octanol–water partition coefficient (Wildman–Crippen LogP) is 3.57. The zero-order chi connectivity index (χ0) is 13.8. The van der Waals surface area contributed by atoms with Crippen LogP contribution in [-0.4, -0.2) is 17.8 Å². The molecule has 1 unspecified atom stereocenters. The van der Waals surface area contributed by atoms with Crippen molar-refractivity contribution in [2.45, 2.75) is 65.0 Å². The molecule has 0 aliphatic heterocycles. The predicted molar refractivity (Wildman–Crippen MR) is 80.5 cm³/mol. The van der Waals surface area contributed by atoms with Crippen LogP contribution in [0, 0.1) is 20.8 Å². The van der Waals surface area contributed by atoms with Gasteiger partial charge in [-0.25, -0.2) is 0 Å². The van der Waals surface area contributed by atoms with E-state index in [-0.39, 0.29) is 12.6 Å². The summed E-state index contributed by atoms with van der Waals surface area (Å²) in [5.74, 6) is 0. The van der Waals surface area contributed by atoms with E-state index in [9.17, 15) is 5.11 Å². The highest BCUT2D eigenvalue weighted by atomic mass is 16.3. The Morgan fingerprint density at radius 1 is 1.11 bits per heavy atom. The zero-order valence-electron chi connectivity index (χ0n) is 12.5. The molecule has 106 valence electrons. The number of hydrogen-bond acceptors (Lipinski definition) is 2. The van der Waals surface area contributed by atoms with Gasteiger partial charge in [0.1, 0.15) is 0 Å². The maximum Gasteiger partial charge on any atom is 0.0626 e. The molecule has 0 radical (unpaired) electrons. The summed E-state index contributed by atoms with van der Waals surface area (Å²) in [6, 6.07) is 5.09. The molecule has 19 heavy (non-hydrogen) atoms. The van der Waals surface area contributed by atoms with Crippen LogP contribution in [0.3, 0.4) is 0 Å². The van der Waals surface area contributed by atoms with Crippen molar-refractivity contribution in [2.24, 2.45) is 0 Å². The summed E-state index contributed by atoms with van der Waals surface area (Å²) in [5, 5.41) is 13.4. The van der Waals surface area contributed by atoms with Crippen LogP contribution in [0.4, 0.5) is 0 Å². The molecule has 2 heteroatoms. The normalized spacial score (nSPS) is 18.5. The van der Waals surface area contributed by atoms with Crippen molar-refractivity contribution in [3.8, 4) is 0 Å². The molecule has 2 nitrogen and oxygen atoms in total. The van der Waals surface area contributed by atoms with Gasteiger partial charge in [0, 0.05) is 6.04 Å². The van der Waals surface area contributed by atoms with E-state index >= 15 is 0 Å². The summed E-state index contributed by atoms with van der Waals surface area (Å²) in [6.45, 7) is 6.62. The standard InChI is InChI=1S/C17H27NO/c1-12-9-13(2)17(14(3)10-12)16(11-19)18-15-7-5-4-6-8-15/h9-10,15-16,18-19H,4-8,11H2,1-3H3. The topological polar surface area (TPSA) is 32.3 Å². The van der Waals surface area contributed by atoms with E-state index in [2.05, 4.69) is 38.2 Å². The molecule has 1 aromatic rings. The second-order valence-corrected chi connectivity index (χ2v) is 6.05. The average Bonchev–Trinajstić information content (AvgIpc) is 2.37. The number of rotatable bonds is 4. The summed E-state index contributed by atoms with van der Waals surface area (Å²) in [4.78, 5) is 0. The van der Waals surface area contributed by atoms with Crippen molar-refractivity contribution in [3.63, 3.8) is 0 Å². The largest absolute Gasteiger partial charge is 0.394 e. The fourth-order valence-electron chi connectivity index (χ4n) is 3.52. The smallest absolute Gasteiger partial charge is 0.0626 e. The third kappa shape index (κ3) is 3.58. The molecule has 2 N–H and O–H groups in total. The van der Waals surface area contributed by atoms with Gasteiger partial charge in [0.25, 0.3) is 0 Å². The van der Waals surface area contributed by atoms with Crippen molar-refractivity contribution in [1.82, 2.24) is 5.32 Å². The van der Waals surface area contributed by atoms with Gasteiger partial charge in [0.15, 0.2) is 0 Å². The van der Waals surface area contributed by atoms with Crippen LogP contribution in [0.5, 0.6) is 0 Å². The van der Waals surface area contributed by atoms with Crippen molar-refractivity contribution in [1.29, 1.82) is 0 Å². The van der Waals surface area contributed by atoms with E-state index in [1.807, 2.05) is 0 Å². The fraction of sp³-hybridized carbons (Fsp3) is 0.647. The first kappa shape index (κ1) is 14.5. The number of hydrogen-bond donors (Lipinski definition) is 2. The SMILES string of the molecule is Cc1cc(C)c(C(CO)NC2CCCCC2)c(C)c1. The second kappa shape index (κ2) is 6.53. The molecule has 0 spiro atoms. The quantitative estimate of drug-likeness (QED) is 0.868. The first-order valence-electron chi connectivity index (χ1n) is 7.56. The van der Waals surface area contributed by atoms with Gasteiger partial charge in [0.05, 0.1) is 12.6 Å². The molecular weight excluding hydrogens is 234 g/mol. The first-order valence-corrected chi connectivity index (χ1v) is 7.56. The lowest BCUT2D eigenvalue weighted by molar-refractivity contribution is 0.219. The number of aliphatic hydroxyl groups excluding tert-OH is 1. The van der Waals surface area contributed by atoms with Gasteiger partial charge < -0.3 is 10.4 Å². The Morgan fingerprint density at radius 3 is 2.21 bits per heavy atom. The fourth-order valence-corrected chi connectivity index (χ4v) is 3.52. The van der Waals surface area contributed by atoms with E-state index in [0.717, 1.165) is 0 Å². The molecule has 0 heterocycles. The van der Waals surface area contributed by atoms with E-state index in [1.165, 1.54) is 54.4 Å². The highest BCUT2D eigenvalue weighted by Gasteiger charge is 2.21. The summed E-state index contributed by atoms with van der Waals surface area (Å²) < 4.78 is 0. The summed E-state index contributed by atoms with van der Waals surface area (Å²) in [5.41, 5.74) is 5.17. The Morgan fingerprint density at radius 2 is 1.68 bits per heavy atom. The minimum atomic E-state index is 0.0868. The molecule has 1 aliphatic rings. The summed E-state index contributed by atoms with van der Waals surface area (Å²) in [7, 11) is 0. The van der Waals surface area contributed by atoms with Crippen molar-refractivity contribution in [2.75, 3.05) is 6.61 Å². The minimum Gasteiger partial charge on any atom is -0.394 e. The molecular formula is C17H27NO. The van der Waals surface area contributed by atoms with Crippen LogP contribution in [0.15, 0.2) is 12.1 Å². The van der Waals surface area contributed by atoms with E-state index < -0.39 is 0 Å². The van der Waals surface area contributed by atoms with Gasteiger partial charge in [-0.15, -0.1) is 0 Å². The van der Waals surface area contributed by atoms with Gasteiger partial charge in [-0.2, -0.15) is 0 Å². The van der Waals surface area contributed by atoms with Gasteiger partial charge in [-0.3, -0.25) is 0 Å². The Kier molecular flexibility index (Phi) is 5.00. The number of aryl methyl sites for hydroxylation is 3. The molecule has 2 rings (SSSR count). The molecule has 0 amide bonds. The van der Waals surface area contributed by atoms with Crippen molar-refractivity contribution >= 4 is 0 Å². The van der Waals surface area contributed by atoms with Crippen LogP contribution in [-0.2, 0) is 0 Å². The third-order valence-electron chi connectivity index (χ3n) is 4.31. The highest BCUT2D eigenvalue weighted by Crippen LogP contribution is 2.26. The first-order chi connectivity index (χ1) is 9.11. The van der Waals surface area contributed by atoms with Crippen molar-refractivity contribution < 1.29 is 5.11 Å². The van der Waals surface area contributed by atoms with Gasteiger partial charge >= 0.3 is 0 Å². The van der Waals surface area contributed by atoms with E-state index in [0.29, 0.717) is 6.04 Å². The molecule has 0 aromatic heterocycles. The monoisotopic (exact) mass is 261 g/mol. The molecule has 1 aromatic carbocycles. The number of benzene rings is 1. The van der Waals surface area contributed by atoms with Crippen molar-refractivity contribution in [3.05, 3.63) is 34.4 Å². The Labute approximate surface area is 117 Å². The molecule has 1 atom stereocenters. The Balaban J connectivity index is 2.16. The summed E-state index contributed by atoms with van der Waals surface area (Å²) in [6.07, 6.45) is 6.51. The van der Waals surface area contributed by atoms with Gasteiger partial charge in [-0.05, 0) is 50.3 Å². The molecule has 0 bridgehead atoms. The molecule has 0 saturated heterocycles.